The molecular weight excluding hydrogens is 470 g/mol. The fraction of sp³-hybridized carbons (Fsp3) is 0.971. The van der Waals surface area contributed by atoms with Crippen molar-refractivity contribution in [2.45, 2.75) is 187 Å². The number of hydrogen-bond acceptors (Lipinski definition) is 3. The summed E-state index contributed by atoms with van der Waals surface area (Å²) in [7, 11) is 0. The Morgan fingerprint density at radius 3 is 1.42 bits per heavy atom. The van der Waals surface area contributed by atoms with Crippen LogP contribution < -0.4 is 0 Å². The summed E-state index contributed by atoms with van der Waals surface area (Å²) in [6, 6.07) is 0. The van der Waals surface area contributed by atoms with E-state index in [0.29, 0.717) is 18.9 Å². The Bertz CT molecular complexity index is 484. The lowest BCUT2D eigenvalue weighted by Crippen LogP contribution is -2.39. The van der Waals surface area contributed by atoms with Crippen molar-refractivity contribution in [1.82, 2.24) is 4.90 Å². The summed E-state index contributed by atoms with van der Waals surface area (Å²) in [5, 5.41) is 19.3. The maximum Gasteiger partial charge on any atom is 0.222 e. The molecule has 0 heterocycles. The van der Waals surface area contributed by atoms with Crippen LogP contribution in [0.4, 0.5) is 0 Å². The van der Waals surface area contributed by atoms with Gasteiger partial charge in [-0.15, -0.1) is 0 Å². The second-order valence-corrected chi connectivity index (χ2v) is 12.2. The average Bonchev–Trinajstić information content (AvgIpc) is 2.92. The SMILES string of the molecule is CCCCCCCCCCCCCCCCN(CC(O)CO)C(=O)CCC(C)CCCCCCCCCC. The first-order valence-electron chi connectivity index (χ1n) is 17.1. The second-order valence-electron chi connectivity index (χ2n) is 12.2. The largest absolute Gasteiger partial charge is 0.394 e. The number of unbranched alkanes of at least 4 members (excludes halogenated alkanes) is 20. The summed E-state index contributed by atoms with van der Waals surface area (Å²) in [5.41, 5.74) is 0. The Labute approximate surface area is 238 Å². The van der Waals surface area contributed by atoms with Crippen LogP contribution in [0, 0.1) is 5.92 Å². The minimum atomic E-state index is -0.833. The quantitative estimate of drug-likeness (QED) is 0.0893. The number of rotatable bonds is 30. The molecule has 0 aromatic heterocycles. The molecule has 0 aliphatic carbocycles. The van der Waals surface area contributed by atoms with Gasteiger partial charge in [0.25, 0.3) is 0 Å². The smallest absolute Gasteiger partial charge is 0.222 e. The Balaban J connectivity index is 3.90. The van der Waals surface area contributed by atoms with Crippen molar-refractivity contribution in [3.63, 3.8) is 0 Å². The van der Waals surface area contributed by atoms with E-state index >= 15 is 0 Å². The number of carbonyl (C=O) groups is 1. The number of aliphatic hydroxyl groups is 2. The van der Waals surface area contributed by atoms with Crippen LogP contribution in [0.3, 0.4) is 0 Å². The topological polar surface area (TPSA) is 60.8 Å². The lowest BCUT2D eigenvalue weighted by atomic mass is 9.97. The van der Waals surface area contributed by atoms with Gasteiger partial charge in [0, 0.05) is 19.5 Å². The van der Waals surface area contributed by atoms with E-state index in [1.165, 1.54) is 135 Å². The van der Waals surface area contributed by atoms with Gasteiger partial charge in [0.15, 0.2) is 0 Å². The Morgan fingerprint density at radius 2 is 1.00 bits per heavy atom. The van der Waals surface area contributed by atoms with Crippen LogP contribution in [0.5, 0.6) is 0 Å². The molecule has 0 saturated heterocycles. The highest BCUT2D eigenvalue weighted by Gasteiger charge is 2.17. The molecule has 0 bridgehead atoms. The second kappa shape index (κ2) is 29.4. The van der Waals surface area contributed by atoms with E-state index in [1.54, 1.807) is 0 Å². The van der Waals surface area contributed by atoms with E-state index in [4.69, 9.17) is 0 Å². The van der Waals surface area contributed by atoms with Crippen molar-refractivity contribution in [3.8, 4) is 0 Å². The fourth-order valence-electron chi connectivity index (χ4n) is 5.43. The Kier molecular flexibility index (Phi) is 28.9. The first-order valence-corrected chi connectivity index (χ1v) is 17.1. The molecule has 0 rings (SSSR count). The zero-order chi connectivity index (χ0) is 28.1. The van der Waals surface area contributed by atoms with Gasteiger partial charge in [0.2, 0.25) is 5.91 Å². The third-order valence-electron chi connectivity index (χ3n) is 8.18. The molecule has 0 saturated carbocycles. The minimum Gasteiger partial charge on any atom is -0.394 e. The molecule has 2 N–H and O–H groups in total. The summed E-state index contributed by atoms with van der Waals surface area (Å²) in [4.78, 5) is 14.7. The molecule has 38 heavy (non-hydrogen) atoms. The van der Waals surface area contributed by atoms with E-state index in [-0.39, 0.29) is 19.1 Å². The summed E-state index contributed by atoms with van der Waals surface area (Å²) in [6.07, 6.45) is 31.1. The van der Waals surface area contributed by atoms with Crippen molar-refractivity contribution in [2.24, 2.45) is 5.92 Å². The molecule has 0 aromatic rings. The number of nitrogens with zero attached hydrogens (tertiary/aromatic N) is 1. The van der Waals surface area contributed by atoms with Crippen molar-refractivity contribution in [2.75, 3.05) is 19.7 Å². The molecule has 2 unspecified atom stereocenters. The molecule has 0 aliphatic heterocycles. The highest BCUT2D eigenvalue weighted by atomic mass is 16.3. The van der Waals surface area contributed by atoms with Crippen LogP contribution >= 0.6 is 0 Å². The zero-order valence-electron chi connectivity index (χ0n) is 26.2. The maximum atomic E-state index is 12.9. The number of hydrogen-bond donors (Lipinski definition) is 2. The van der Waals surface area contributed by atoms with Gasteiger partial charge in [-0.1, -0.05) is 162 Å². The maximum absolute atomic E-state index is 12.9. The Hall–Kier alpha value is -0.610. The third kappa shape index (κ3) is 25.7. The highest BCUT2D eigenvalue weighted by Crippen LogP contribution is 2.18. The first kappa shape index (κ1) is 37.4. The standard InChI is InChI=1S/C34H69NO3/c1-4-6-8-10-12-14-15-16-17-18-19-21-23-25-29-35(30-33(37)31-36)34(38)28-27-32(3)26-24-22-20-13-11-9-7-5-2/h32-33,36-37H,4-31H2,1-3H3. The van der Waals surface area contributed by atoms with Gasteiger partial charge in [0.1, 0.15) is 0 Å². The molecule has 1 amide bonds. The normalized spacial score (nSPS) is 13.1. The van der Waals surface area contributed by atoms with Crippen LogP contribution in [0.25, 0.3) is 0 Å². The van der Waals surface area contributed by atoms with Gasteiger partial charge < -0.3 is 15.1 Å². The van der Waals surface area contributed by atoms with E-state index in [0.717, 1.165) is 19.3 Å². The lowest BCUT2D eigenvalue weighted by Gasteiger charge is -2.25. The van der Waals surface area contributed by atoms with E-state index < -0.39 is 6.10 Å². The molecule has 0 aromatic carbocycles. The van der Waals surface area contributed by atoms with Gasteiger partial charge in [-0.2, -0.15) is 0 Å². The van der Waals surface area contributed by atoms with Crippen LogP contribution in [0.1, 0.15) is 181 Å². The lowest BCUT2D eigenvalue weighted by molar-refractivity contribution is -0.133. The fourth-order valence-corrected chi connectivity index (χ4v) is 5.43. The molecule has 4 heteroatoms. The highest BCUT2D eigenvalue weighted by molar-refractivity contribution is 5.76. The summed E-state index contributed by atoms with van der Waals surface area (Å²) in [5.74, 6) is 0.722. The predicted octanol–water partition coefficient (Wildman–Crippen LogP) is 9.60. The number of carbonyl (C=O) groups excluding carboxylic acids is 1. The number of amides is 1. The molecule has 0 radical (unpaired) electrons. The third-order valence-corrected chi connectivity index (χ3v) is 8.18. The first-order chi connectivity index (χ1) is 18.5. The van der Waals surface area contributed by atoms with Crippen LogP contribution in [-0.2, 0) is 4.79 Å². The molecule has 228 valence electrons. The Morgan fingerprint density at radius 1 is 0.605 bits per heavy atom. The van der Waals surface area contributed by atoms with Crippen LogP contribution in [-0.4, -0.2) is 46.8 Å². The predicted molar refractivity (Wildman–Crippen MR) is 166 cm³/mol. The van der Waals surface area contributed by atoms with Crippen LogP contribution in [0.15, 0.2) is 0 Å². The van der Waals surface area contributed by atoms with Crippen LogP contribution in [0.2, 0.25) is 0 Å². The molecule has 4 nitrogen and oxygen atoms in total. The summed E-state index contributed by atoms with van der Waals surface area (Å²) >= 11 is 0. The minimum absolute atomic E-state index is 0.148. The summed E-state index contributed by atoms with van der Waals surface area (Å²) < 4.78 is 0. The monoisotopic (exact) mass is 540 g/mol. The van der Waals surface area contributed by atoms with E-state index in [1.807, 2.05) is 4.90 Å². The number of aliphatic hydroxyl groups excluding tert-OH is 2. The molecular formula is C34H69NO3. The molecule has 0 fully saturated rings. The van der Waals surface area contributed by atoms with Gasteiger partial charge in [-0.3, -0.25) is 4.79 Å². The van der Waals surface area contributed by atoms with Gasteiger partial charge >= 0.3 is 0 Å². The van der Waals surface area contributed by atoms with Crippen molar-refractivity contribution < 1.29 is 15.0 Å². The van der Waals surface area contributed by atoms with Crippen molar-refractivity contribution in [3.05, 3.63) is 0 Å². The van der Waals surface area contributed by atoms with E-state index in [2.05, 4.69) is 20.8 Å². The van der Waals surface area contributed by atoms with Gasteiger partial charge in [0.05, 0.1) is 12.7 Å². The average molecular weight is 540 g/mol. The zero-order valence-corrected chi connectivity index (χ0v) is 26.2. The van der Waals surface area contributed by atoms with Crippen molar-refractivity contribution >= 4 is 5.91 Å². The molecule has 0 aliphatic rings. The molecule has 2 atom stereocenters. The summed E-state index contributed by atoms with van der Waals surface area (Å²) in [6.45, 7) is 7.51. The van der Waals surface area contributed by atoms with E-state index in [9.17, 15) is 15.0 Å². The van der Waals surface area contributed by atoms with Gasteiger partial charge in [-0.05, 0) is 18.8 Å². The van der Waals surface area contributed by atoms with Crippen molar-refractivity contribution in [1.29, 1.82) is 0 Å². The molecule has 0 spiro atoms. The van der Waals surface area contributed by atoms with Gasteiger partial charge in [-0.25, -0.2) is 0 Å².